The molecular formula is C21H18BrFN2O2S. The topological polar surface area (TPSA) is 50.3 Å². The van der Waals surface area contributed by atoms with Gasteiger partial charge in [0, 0.05) is 28.2 Å². The fraction of sp³-hybridized carbons (Fsp3) is 0.0952. The van der Waals surface area contributed by atoms with Crippen molar-refractivity contribution in [1.29, 1.82) is 0 Å². The first-order valence-corrected chi connectivity index (χ1v) is 10.8. The molecule has 28 heavy (non-hydrogen) atoms. The Balaban J connectivity index is 1.91. The standard InChI is InChI=1S/C21H18BrFN2O2S/c22-19-10-9-18(21(23)14-19)15-25(16-20-8-4-5-12-24-20)28(26,27)13-11-17-6-2-1-3-7-17/h1-14H,15-16H2/b13-11-. The van der Waals surface area contributed by atoms with Gasteiger partial charge in [-0.15, -0.1) is 0 Å². The summed E-state index contributed by atoms with van der Waals surface area (Å²) in [5.41, 5.74) is 1.63. The van der Waals surface area contributed by atoms with Crippen molar-refractivity contribution in [1.82, 2.24) is 9.29 Å². The maximum absolute atomic E-state index is 14.3. The third-order valence-corrected chi connectivity index (χ3v) is 5.97. The quantitative estimate of drug-likeness (QED) is 0.499. The molecule has 0 bridgehead atoms. The number of hydrogen-bond acceptors (Lipinski definition) is 3. The molecule has 0 radical (unpaired) electrons. The van der Waals surface area contributed by atoms with E-state index in [1.807, 2.05) is 30.3 Å². The molecule has 3 aromatic rings. The summed E-state index contributed by atoms with van der Waals surface area (Å²) in [6, 6.07) is 19.0. The molecule has 0 aliphatic heterocycles. The Hall–Kier alpha value is -2.35. The Morgan fingerprint density at radius 1 is 1.00 bits per heavy atom. The van der Waals surface area contributed by atoms with Crippen molar-refractivity contribution in [2.75, 3.05) is 0 Å². The fourth-order valence-corrected chi connectivity index (χ4v) is 4.03. The van der Waals surface area contributed by atoms with E-state index >= 15 is 0 Å². The van der Waals surface area contributed by atoms with Crippen LogP contribution in [0.3, 0.4) is 0 Å². The van der Waals surface area contributed by atoms with Gasteiger partial charge >= 0.3 is 0 Å². The maximum atomic E-state index is 14.3. The Morgan fingerprint density at radius 3 is 2.43 bits per heavy atom. The molecular weight excluding hydrogens is 443 g/mol. The molecule has 0 atom stereocenters. The van der Waals surface area contributed by atoms with Crippen molar-refractivity contribution in [3.05, 3.63) is 105 Å². The van der Waals surface area contributed by atoms with Crippen LogP contribution < -0.4 is 0 Å². The van der Waals surface area contributed by atoms with Crippen LogP contribution in [-0.2, 0) is 23.1 Å². The van der Waals surface area contributed by atoms with Crippen LogP contribution in [0.25, 0.3) is 6.08 Å². The monoisotopic (exact) mass is 460 g/mol. The number of aromatic nitrogens is 1. The van der Waals surface area contributed by atoms with Crippen molar-refractivity contribution < 1.29 is 12.8 Å². The van der Waals surface area contributed by atoms with Gasteiger partial charge in [0.1, 0.15) is 5.82 Å². The van der Waals surface area contributed by atoms with Crippen LogP contribution in [0.1, 0.15) is 16.8 Å². The van der Waals surface area contributed by atoms with E-state index in [9.17, 15) is 12.8 Å². The van der Waals surface area contributed by atoms with Gasteiger partial charge in [0.05, 0.1) is 12.2 Å². The van der Waals surface area contributed by atoms with E-state index in [0.29, 0.717) is 10.2 Å². The molecule has 0 fully saturated rings. The first-order chi connectivity index (χ1) is 13.4. The number of hydrogen-bond donors (Lipinski definition) is 0. The van der Waals surface area contributed by atoms with E-state index in [2.05, 4.69) is 20.9 Å². The Morgan fingerprint density at radius 2 is 1.75 bits per heavy atom. The summed E-state index contributed by atoms with van der Waals surface area (Å²) in [6.07, 6.45) is 3.12. The van der Waals surface area contributed by atoms with E-state index < -0.39 is 15.8 Å². The minimum atomic E-state index is -3.81. The molecule has 0 unspecified atom stereocenters. The second-order valence-corrected chi connectivity index (χ2v) is 8.82. The van der Waals surface area contributed by atoms with E-state index in [-0.39, 0.29) is 18.7 Å². The summed E-state index contributed by atoms with van der Waals surface area (Å²) >= 11 is 3.21. The largest absolute Gasteiger partial charge is 0.260 e. The predicted molar refractivity (Wildman–Crippen MR) is 112 cm³/mol. The van der Waals surface area contributed by atoms with Crippen molar-refractivity contribution in [3.8, 4) is 0 Å². The minimum absolute atomic E-state index is 0.0395. The lowest BCUT2D eigenvalue weighted by atomic mass is 10.2. The third kappa shape index (κ3) is 5.58. The first-order valence-electron chi connectivity index (χ1n) is 8.51. The summed E-state index contributed by atoms with van der Waals surface area (Å²) in [5, 5.41) is 1.14. The molecule has 0 saturated carbocycles. The van der Waals surface area contributed by atoms with Gasteiger partial charge in [0.25, 0.3) is 0 Å². The van der Waals surface area contributed by atoms with E-state index in [1.165, 1.54) is 16.4 Å². The average molecular weight is 461 g/mol. The van der Waals surface area contributed by atoms with Crippen molar-refractivity contribution in [3.63, 3.8) is 0 Å². The van der Waals surface area contributed by atoms with Crippen LogP contribution in [0, 0.1) is 5.82 Å². The highest BCUT2D eigenvalue weighted by atomic mass is 79.9. The first kappa shape index (κ1) is 20.4. The Labute approximate surface area is 172 Å². The van der Waals surface area contributed by atoms with E-state index in [1.54, 1.807) is 36.5 Å². The number of rotatable bonds is 7. The van der Waals surface area contributed by atoms with Crippen molar-refractivity contribution in [2.24, 2.45) is 0 Å². The molecule has 0 aliphatic carbocycles. The zero-order chi connectivity index (χ0) is 20.0. The minimum Gasteiger partial charge on any atom is -0.260 e. The second kappa shape index (κ2) is 9.23. The van der Waals surface area contributed by atoms with Gasteiger partial charge in [-0.3, -0.25) is 4.98 Å². The highest BCUT2D eigenvalue weighted by molar-refractivity contribution is 9.10. The third-order valence-electron chi connectivity index (χ3n) is 4.02. The molecule has 144 valence electrons. The molecule has 0 N–H and O–H groups in total. The zero-order valence-corrected chi connectivity index (χ0v) is 17.3. The van der Waals surface area contributed by atoms with Gasteiger partial charge in [-0.25, -0.2) is 12.8 Å². The van der Waals surface area contributed by atoms with Crippen LogP contribution in [0.2, 0.25) is 0 Å². The number of benzene rings is 2. The van der Waals surface area contributed by atoms with Crippen molar-refractivity contribution >= 4 is 32.0 Å². The number of halogens is 2. The highest BCUT2D eigenvalue weighted by Gasteiger charge is 2.22. The maximum Gasteiger partial charge on any atom is 0.236 e. The molecule has 0 amide bonds. The molecule has 0 aliphatic rings. The normalized spacial score (nSPS) is 12.0. The SMILES string of the molecule is O=S(=O)(/C=C\c1ccccc1)N(Cc1ccccn1)Cc1ccc(Br)cc1F. The lowest BCUT2D eigenvalue weighted by Crippen LogP contribution is -2.29. The van der Waals surface area contributed by atoms with Gasteiger partial charge in [0.15, 0.2) is 0 Å². The second-order valence-electron chi connectivity index (χ2n) is 6.08. The lowest BCUT2D eigenvalue weighted by Gasteiger charge is -2.20. The van der Waals surface area contributed by atoms with Gasteiger partial charge < -0.3 is 0 Å². The van der Waals surface area contributed by atoms with Gasteiger partial charge in [-0.05, 0) is 35.9 Å². The molecule has 4 nitrogen and oxygen atoms in total. The lowest BCUT2D eigenvalue weighted by molar-refractivity contribution is 0.395. The predicted octanol–water partition coefficient (Wildman–Crippen LogP) is 4.99. The van der Waals surface area contributed by atoms with Gasteiger partial charge in [-0.1, -0.05) is 58.4 Å². The molecule has 3 rings (SSSR count). The summed E-state index contributed by atoms with van der Waals surface area (Å²) < 4.78 is 42.0. The fourth-order valence-electron chi connectivity index (χ4n) is 2.56. The van der Waals surface area contributed by atoms with Crippen LogP contribution in [0.5, 0.6) is 0 Å². The molecule has 0 saturated heterocycles. The molecule has 1 aromatic heterocycles. The number of sulfonamides is 1. The van der Waals surface area contributed by atoms with Crippen molar-refractivity contribution in [2.45, 2.75) is 13.1 Å². The average Bonchev–Trinajstić information content (AvgIpc) is 2.69. The highest BCUT2D eigenvalue weighted by Crippen LogP contribution is 2.20. The van der Waals surface area contributed by atoms with E-state index in [4.69, 9.17) is 0 Å². The Kier molecular flexibility index (Phi) is 6.72. The van der Waals surface area contributed by atoms with Crippen LogP contribution in [0.15, 0.2) is 82.8 Å². The smallest absolute Gasteiger partial charge is 0.236 e. The van der Waals surface area contributed by atoms with Crippen LogP contribution >= 0.6 is 15.9 Å². The summed E-state index contributed by atoms with van der Waals surface area (Å²) in [7, 11) is -3.81. The summed E-state index contributed by atoms with van der Waals surface area (Å²) in [6.45, 7) is -0.0606. The van der Waals surface area contributed by atoms with Crippen LogP contribution in [-0.4, -0.2) is 17.7 Å². The van der Waals surface area contributed by atoms with Gasteiger partial charge in [0.2, 0.25) is 10.0 Å². The number of nitrogens with zero attached hydrogens (tertiary/aromatic N) is 2. The molecule has 2 aromatic carbocycles. The van der Waals surface area contributed by atoms with Crippen LogP contribution in [0.4, 0.5) is 4.39 Å². The van der Waals surface area contributed by atoms with Gasteiger partial charge in [-0.2, -0.15) is 4.31 Å². The number of pyridine rings is 1. The molecule has 0 spiro atoms. The van der Waals surface area contributed by atoms with E-state index in [0.717, 1.165) is 11.0 Å². The summed E-state index contributed by atoms with van der Waals surface area (Å²) in [5.74, 6) is -0.470. The molecule has 1 heterocycles. The zero-order valence-electron chi connectivity index (χ0n) is 14.9. The summed E-state index contributed by atoms with van der Waals surface area (Å²) in [4.78, 5) is 4.20. The molecule has 7 heteroatoms. The Bertz CT molecular complexity index is 1060.